The van der Waals surface area contributed by atoms with E-state index in [0.717, 1.165) is 62.3 Å². The van der Waals surface area contributed by atoms with Crippen LogP contribution < -0.4 is 14.5 Å². The van der Waals surface area contributed by atoms with Gasteiger partial charge in [-0.1, -0.05) is 12.1 Å². The highest BCUT2D eigenvalue weighted by Crippen LogP contribution is 2.20. The molecule has 2 saturated heterocycles. The van der Waals surface area contributed by atoms with Gasteiger partial charge < -0.3 is 19.4 Å². The van der Waals surface area contributed by atoms with Crippen molar-refractivity contribution in [3.05, 3.63) is 42.1 Å². The zero-order valence-corrected chi connectivity index (χ0v) is 17.1. The molecular formula is C22H29N5O2. The number of hydrogen-bond acceptors (Lipinski definition) is 6. The third-order valence-corrected chi connectivity index (χ3v) is 5.74. The number of anilines is 2. The fourth-order valence-corrected chi connectivity index (χ4v) is 3.98. The number of ether oxygens (including phenoxy) is 1. The monoisotopic (exact) mass is 395 g/mol. The first-order valence-corrected chi connectivity index (χ1v) is 10.5. The van der Waals surface area contributed by atoms with Gasteiger partial charge in [0, 0.05) is 45.5 Å². The Bertz CT molecular complexity index is 812. The predicted molar refractivity (Wildman–Crippen MR) is 114 cm³/mol. The minimum absolute atomic E-state index is 0.173. The number of piperazine rings is 1. The van der Waals surface area contributed by atoms with E-state index in [1.165, 1.54) is 19.3 Å². The van der Waals surface area contributed by atoms with E-state index < -0.39 is 0 Å². The Morgan fingerprint density at radius 2 is 1.66 bits per heavy atom. The van der Waals surface area contributed by atoms with Crippen LogP contribution in [0, 0.1) is 0 Å². The third-order valence-electron chi connectivity index (χ3n) is 5.74. The lowest BCUT2D eigenvalue weighted by molar-refractivity contribution is -0.130. The van der Waals surface area contributed by atoms with Gasteiger partial charge in [-0.15, -0.1) is 0 Å². The Hall–Kier alpha value is -2.83. The number of methoxy groups -OCH3 is 1. The fourth-order valence-electron chi connectivity index (χ4n) is 3.98. The summed E-state index contributed by atoms with van der Waals surface area (Å²) >= 11 is 0. The van der Waals surface area contributed by atoms with Crippen LogP contribution in [0.2, 0.25) is 0 Å². The Morgan fingerprint density at radius 3 is 2.34 bits per heavy atom. The molecule has 3 heterocycles. The van der Waals surface area contributed by atoms with Gasteiger partial charge in [0.1, 0.15) is 11.6 Å². The van der Waals surface area contributed by atoms with Crippen LogP contribution in [0.15, 0.2) is 36.5 Å². The van der Waals surface area contributed by atoms with Crippen LogP contribution in [-0.4, -0.2) is 67.2 Å². The van der Waals surface area contributed by atoms with Gasteiger partial charge in [0.25, 0.3) is 0 Å². The second kappa shape index (κ2) is 9.11. The van der Waals surface area contributed by atoms with Gasteiger partial charge in [0.05, 0.1) is 13.5 Å². The fraction of sp³-hybridized carbons (Fsp3) is 0.500. The van der Waals surface area contributed by atoms with Crippen molar-refractivity contribution >= 4 is 17.7 Å². The normalized spacial score (nSPS) is 17.3. The number of amides is 1. The van der Waals surface area contributed by atoms with Crippen molar-refractivity contribution in [3.8, 4) is 5.75 Å². The molecule has 0 atom stereocenters. The van der Waals surface area contributed by atoms with Crippen LogP contribution in [0.1, 0.15) is 24.8 Å². The maximum Gasteiger partial charge on any atom is 0.227 e. The Kier molecular flexibility index (Phi) is 6.12. The Morgan fingerprint density at radius 1 is 0.931 bits per heavy atom. The number of hydrogen-bond donors (Lipinski definition) is 0. The Balaban J connectivity index is 1.32. The second-order valence-electron chi connectivity index (χ2n) is 7.66. The van der Waals surface area contributed by atoms with Gasteiger partial charge in [-0.05, 0) is 43.0 Å². The van der Waals surface area contributed by atoms with Crippen LogP contribution in [0.4, 0.5) is 11.8 Å². The van der Waals surface area contributed by atoms with Gasteiger partial charge in [-0.2, -0.15) is 4.98 Å². The summed E-state index contributed by atoms with van der Waals surface area (Å²) in [6, 6.07) is 9.68. The van der Waals surface area contributed by atoms with Crippen LogP contribution in [0.5, 0.6) is 5.75 Å². The highest BCUT2D eigenvalue weighted by atomic mass is 16.5. The van der Waals surface area contributed by atoms with Gasteiger partial charge in [-0.25, -0.2) is 4.98 Å². The second-order valence-corrected chi connectivity index (χ2v) is 7.66. The van der Waals surface area contributed by atoms with Gasteiger partial charge in [0.15, 0.2) is 0 Å². The zero-order valence-electron chi connectivity index (χ0n) is 17.1. The largest absolute Gasteiger partial charge is 0.497 e. The van der Waals surface area contributed by atoms with Crippen molar-refractivity contribution in [1.29, 1.82) is 0 Å². The molecule has 154 valence electrons. The van der Waals surface area contributed by atoms with Gasteiger partial charge in [-0.3, -0.25) is 4.79 Å². The molecule has 2 aliphatic heterocycles. The quantitative estimate of drug-likeness (QED) is 0.775. The molecule has 0 spiro atoms. The zero-order chi connectivity index (χ0) is 20.1. The number of rotatable bonds is 5. The summed E-state index contributed by atoms with van der Waals surface area (Å²) in [5.41, 5.74) is 1.01. The lowest BCUT2D eigenvalue weighted by Gasteiger charge is -2.36. The minimum atomic E-state index is 0.173. The number of piperidine rings is 1. The first-order valence-electron chi connectivity index (χ1n) is 10.5. The van der Waals surface area contributed by atoms with E-state index in [0.29, 0.717) is 6.42 Å². The van der Waals surface area contributed by atoms with E-state index in [4.69, 9.17) is 9.72 Å². The van der Waals surface area contributed by atoms with Gasteiger partial charge >= 0.3 is 0 Å². The average Bonchev–Trinajstić information content (AvgIpc) is 2.80. The molecule has 2 aliphatic rings. The number of carbonyl (C=O) groups excluding carboxylic acids is 1. The molecule has 0 bridgehead atoms. The minimum Gasteiger partial charge on any atom is -0.497 e. The first kappa shape index (κ1) is 19.5. The molecule has 2 fully saturated rings. The summed E-state index contributed by atoms with van der Waals surface area (Å²) in [6.45, 7) is 5.11. The maximum atomic E-state index is 12.7. The molecule has 7 nitrogen and oxygen atoms in total. The van der Waals surface area contributed by atoms with Crippen molar-refractivity contribution in [1.82, 2.24) is 14.9 Å². The number of nitrogens with zero attached hydrogens (tertiary/aromatic N) is 5. The summed E-state index contributed by atoms with van der Waals surface area (Å²) < 4.78 is 5.18. The maximum absolute atomic E-state index is 12.7. The summed E-state index contributed by atoms with van der Waals surface area (Å²) in [5.74, 6) is 2.78. The van der Waals surface area contributed by atoms with Crippen LogP contribution in [0.25, 0.3) is 0 Å². The summed E-state index contributed by atoms with van der Waals surface area (Å²) in [4.78, 5) is 28.4. The third kappa shape index (κ3) is 4.78. The molecule has 1 aromatic heterocycles. The van der Waals surface area contributed by atoms with E-state index in [2.05, 4.69) is 14.8 Å². The molecule has 0 aliphatic carbocycles. The Labute approximate surface area is 172 Å². The molecule has 29 heavy (non-hydrogen) atoms. The highest BCUT2D eigenvalue weighted by Gasteiger charge is 2.23. The lowest BCUT2D eigenvalue weighted by Crippen LogP contribution is -2.49. The van der Waals surface area contributed by atoms with E-state index in [1.54, 1.807) is 7.11 Å². The smallest absolute Gasteiger partial charge is 0.227 e. The molecule has 1 aromatic carbocycles. The van der Waals surface area contributed by atoms with E-state index in [9.17, 15) is 4.79 Å². The highest BCUT2D eigenvalue weighted by molar-refractivity contribution is 5.79. The summed E-state index contributed by atoms with van der Waals surface area (Å²) in [5, 5.41) is 0. The van der Waals surface area contributed by atoms with E-state index in [1.807, 2.05) is 41.4 Å². The van der Waals surface area contributed by atoms with Crippen molar-refractivity contribution in [2.45, 2.75) is 25.7 Å². The molecule has 0 saturated carbocycles. The standard InChI is InChI=1S/C22H29N5O2/c1-29-19-7-5-18(6-8-19)17-21(28)26-15-13-25(14-16-26)20-9-10-23-22(24-20)27-11-3-2-4-12-27/h5-10H,2-4,11-17H2,1H3. The molecule has 0 N–H and O–H groups in total. The number of benzene rings is 1. The van der Waals surface area contributed by atoms with Crippen molar-refractivity contribution in [2.24, 2.45) is 0 Å². The van der Waals surface area contributed by atoms with Crippen molar-refractivity contribution < 1.29 is 9.53 Å². The van der Waals surface area contributed by atoms with Crippen LogP contribution in [-0.2, 0) is 11.2 Å². The summed E-state index contributed by atoms with van der Waals surface area (Å²) in [6.07, 6.45) is 6.00. The molecule has 1 amide bonds. The topological polar surface area (TPSA) is 61.8 Å². The SMILES string of the molecule is COc1ccc(CC(=O)N2CCN(c3ccnc(N4CCCCC4)n3)CC2)cc1. The van der Waals surface area contributed by atoms with Crippen LogP contribution >= 0.6 is 0 Å². The lowest BCUT2D eigenvalue weighted by atomic mass is 10.1. The first-order chi connectivity index (χ1) is 14.2. The molecule has 7 heteroatoms. The predicted octanol–water partition coefficient (Wildman–Crippen LogP) is 2.37. The molecule has 2 aromatic rings. The molecule has 0 unspecified atom stereocenters. The van der Waals surface area contributed by atoms with E-state index in [-0.39, 0.29) is 5.91 Å². The number of carbonyl (C=O) groups is 1. The van der Waals surface area contributed by atoms with Crippen molar-refractivity contribution in [3.63, 3.8) is 0 Å². The van der Waals surface area contributed by atoms with Gasteiger partial charge in [0.2, 0.25) is 11.9 Å². The van der Waals surface area contributed by atoms with Crippen LogP contribution in [0.3, 0.4) is 0 Å². The average molecular weight is 396 g/mol. The molecule has 0 radical (unpaired) electrons. The molecule has 4 rings (SSSR count). The molecular weight excluding hydrogens is 366 g/mol. The van der Waals surface area contributed by atoms with Crippen molar-refractivity contribution in [2.75, 3.05) is 56.2 Å². The number of aromatic nitrogens is 2. The van der Waals surface area contributed by atoms with E-state index >= 15 is 0 Å². The summed E-state index contributed by atoms with van der Waals surface area (Å²) in [7, 11) is 1.65.